The first kappa shape index (κ1) is 20.3. The molecular formula is C15H25N5O5S. The number of piperidine rings is 1. The third-order valence-corrected chi connectivity index (χ3v) is 4.98. The molecule has 0 aliphatic carbocycles. The highest BCUT2D eigenvalue weighted by molar-refractivity contribution is 7.88. The number of carbonyl (C=O) groups is 1. The van der Waals surface area contributed by atoms with E-state index in [0.717, 1.165) is 12.7 Å². The normalized spacial score (nSPS) is 18.8. The van der Waals surface area contributed by atoms with Crippen LogP contribution in [-0.4, -0.2) is 60.6 Å². The van der Waals surface area contributed by atoms with Crippen molar-refractivity contribution in [3.8, 4) is 0 Å². The Morgan fingerprint density at radius 1 is 1.38 bits per heavy atom. The first-order valence-corrected chi connectivity index (χ1v) is 10.4. The van der Waals surface area contributed by atoms with Gasteiger partial charge in [0.05, 0.1) is 12.8 Å². The predicted molar refractivity (Wildman–Crippen MR) is 97.8 cm³/mol. The summed E-state index contributed by atoms with van der Waals surface area (Å²) in [5, 5.41) is 0. The highest BCUT2D eigenvalue weighted by Gasteiger charge is 2.26. The molecule has 26 heavy (non-hydrogen) atoms. The Morgan fingerprint density at radius 3 is 2.69 bits per heavy atom. The van der Waals surface area contributed by atoms with Gasteiger partial charge in [0, 0.05) is 19.1 Å². The molecule has 1 atom stereocenters. The SMILES string of the molecule is CCCn1c(N)c(C(=O)CN2CCC[C@H](NS(C)(=O)=O)C2)c(=O)[nH]c1=O. The number of hydrogen-bond donors (Lipinski definition) is 3. The molecule has 2 rings (SSSR count). The maximum atomic E-state index is 12.6. The zero-order valence-electron chi connectivity index (χ0n) is 14.9. The van der Waals surface area contributed by atoms with E-state index in [-0.39, 0.29) is 24.0 Å². The van der Waals surface area contributed by atoms with Crippen molar-refractivity contribution in [3.63, 3.8) is 0 Å². The summed E-state index contributed by atoms with van der Waals surface area (Å²) in [6.07, 6.45) is 3.12. The van der Waals surface area contributed by atoms with Crippen LogP contribution in [0, 0.1) is 0 Å². The molecule has 10 nitrogen and oxygen atoms in total. The summed E-state index contributed by atoms with van der Waals surface area (Å²) in [4.78, 5) is 40.4. The van der Waals surface area contributed by atoms with E-state index in [1.54, 1.807) is 4.90 Å². The van der Waals surface area contributed by atoms with Gasteiger partial charge in [0.15, 0.2) is 5.78 Å². The minimum atomic E-state index is -3.33. The summed E-state index contributed by atoms with van der Waals surface area (Å²) < 4.78 is 26.5. The van der Waals surface area contributed by atoms with Gasteiger partial charge in [-0.1, -0.05) is 6.92 Å². The van der Waals surface area contributed by atoms with Crippen molar-refractivity contribution in [2.45, 2.75) is 38.8 Å². The van der Waals surface area contributed by atoms with Crippen LogP contribution in [0.3, 0.4) is 0 Å². The van der Waals surface area contributed by atoms with Crippen LogP contribution in [0.25, 0.3) is 0 Å². The number of hydrogen-bond acceptors (Lipinski definition) is 7. The first-order valence-electron chi connectivity index (χ1n) is 8.47. The minimum Gasteiger partial charge on any atom is -0.384 e. The summed E-state index contributed by atoms with van der Waals surface area (Å²) >= 11 is 0. The lowest BCUT2D eigenvalue weighted by Crippen LogP contribution is -2.49. The molecule has 1 aromatic heterocycles. The second kappa shape index (κ2) is 8.14. The van der Waals surface area contributed by atoms with Crippen LogP contribution in [-0.2, 0) is 16.6 Å². The standard InChI is InChI=1S/C15H25N5O5S/c1-3-6-20-13(16)12(14(22)17-15(20)23)11(21)9-19-7-4-5-10(8-19)18-26(2,24)25/h10,18H,3-9,16H2,1-2H3,(H,17,22,23)/t10-/m0/s1. The highest BCUT2D eigenvalue weighted by Crippen LogP contribution is 2.13. The van der Waals surface area contributed by atoms with E-state index in [0.29, 0.717) is 32.5 Å². The van der Waals surface area contributed by atoms with Gasteiger partial charge in [0.1, 0.15) is 11.4 Å². The summed E-state index contributed by atoms with van der Waals surface area (Å²) in [6, 6.07) is -0.281. The predicted octanol–water partition coefficient (Wildman–Crippen LogP) is -1.27. The van der Waals surface area contributed by atoms with E-state index in [2.05, 4.69) is 9.71 Å². The van der Waals surface area contributed by atoms with Gasteiger partial charge in [-0.15, -0.1) is 0 Å². The second-order valence-corrected chi connectivity index (χ2v) is 8.34. The van der Waals surface area contributed by atoms with Gasteiger partial charge in [0.2, 0.25) is 10.0 Å². The van der Waals surface area contributed by atoms with Gasteiger partial charge in [-0.3, -0.25) is 24.0 Å². The molecule has 1 fully saturated rings. The van der Waals surface area contributed by atoms with Crippen molar-refractivity contribution in [2.24, 2.45) is 0 Å². The van der Waals surface area contributed by atoms with Crippen molar-refractivity contribution in [3.05, 3.63) is 26.4 Å². The largest absolute Gasteiger partial charge is 0.384 e. The minimum absolute atomic E-state index is 0.0699. The number of H-pyrrole nitrogens is 1. The van der Waals surface area contributed by atoms with Gasteiger partial charge >= 0.3 is 5.69 Å². The number of rotatable bonds is 7. The number of nitrogens with zero attached hydrogens (tertiary/aromatic N) is 2. The molecule has 2 heterocycles. The molecule has 0 radical (unpaired) electrons. The number of Topliss-reactive ketones (excluding diaryl/α,β-unsaturated/α-hetero) is 1. The molecule has 0 bridgehead atoms. The number of ketones is 1. The van der Waals surface area contributed by atoms with E-state index < -0.39 is 27.1 Å². The second-order valence-electron chi connectivity index (χ2n) is 6.56. The molecule has 4 N–H and O–H groups in total. The topological polar surface area (TPSA) is 147 Å². The molecule has 0 unspecified atom stereocenters. The Morgan fingerprint density at radius 2 is 2.08 bits per heavy atom. The van der Waals surface area contributed by atoms with Gasteiger partial charge in [0.25, 0.3) is 5.56 Å². The van der Waals surface area contributed by atoms with Crippen molar-refractivity contribution < 1.29 is 13.2 Å². The molecule has 0 saturated carbocycles. The van der Waals surface area contributed by atoms with Crippen LogP contribution >= 0.6 is 0 Å². The number of aromatic nitrogens is 2. The number of nitrogens with one attached hydrogen (secondary N) is 2. The zero-order valence-corrected chi connectivity index (χ0v) is 15.8. The molecular weight excluding hydrogens is 362 g/mol. The van der Waals surface area contributed by atoms with Crippen molar-refractivity contribution in [1.82, 2.24) is 19.2 Å². The molecule has 0 spiro atoms. The molecule has 1 aromatic rings. The number of nitrogens with two attached hydrogens (primary N) is 1. The number of carbonyl (C=O) groups excluding carboxylic acids is 1. The monoisotopic (exact) mass is 387 g/mol. The Kier molecular flexibility index (Phi) is 6.37. The van der Waals surface area contributed by atoms with Crippen molar-refractivity contribution in [2.75, 3.05) is 31.6 Å². The van der Waals surface area contributed by atoms with E-state index in [4.69, 9.17) is 5.73 Å². The fourth-order valence-electron chi connectivity index (χ4n) is 3.18. The quantitative estimate of drug-likeness (QED) is 0.494. The Bertz CT molecular complexity index is 889. The van der Waals surface area contributed by atoms with Gasteiger partial charge < -0.3 is 5.73 Å². The maximum Gasteiger partial charge on any atom is 0.329 e. The van der Waals surface area contributed by atoms with Crippen LogP contribution in [0.15, 0.2) is 9.59 Å². The highest BCUT2D eigenvalue weighted by atomic mass is 32.2. The Hall–Kier alpha value is -1.98. The van der Waals surface area contributed by atoms with E-state index >= 15 is 0 Å². The average molecular weight is 387 g/mol. The molecule has 0 aromatic carbocycles. The van der Waals surface area contributed by atoms with Gasteiger partial charge in [-0.2, -0.15) is 0 Å². The number of anilines is 1. The summed E-state index contributed by atoms with van der Waals surface area (Å²) in [5.41, 5.74) is 4.24. The third-order valence-electron chi connectivity index (χ3n) is 4.22. The molecule has 0 amide bonds. The zero-order chi connectivity index (χ0) is 19.5. The molecule has 1 saturated heterocycles. The number of likely N-dealkylation sites (tertiary alicyclic amines) is 1. The third kappa shape index (κ3) is 5.02. The van der Waals surface area contributed by atoms with Gasteiger partial charge in [-0.05, 0) is 25.8 Å². The van der Waals surface area contributed by atoms with Crippen LogP contribution in [0.2, 0.25) is 0 Å². The molecule has 1 aliphatic heterocycles. The summed E-state index contributed by atoms with van der Waals surface area (Å²) in [7, 11) is -3.33. The number of sulfonamides is 1. The first-order chi connectivity index (χ1) is 12.1. The van der Waals surface area contributed by atoms with Crippen molar-refractivity contribution in [1.29, 1.82) is 0 Å². The lowest BCUT2D eigenvalue weighted by Gasteiger charge is -2.32. The van der Waals surface area contributed by atoms with E-state index in [9.17, 15) is 22.8 Å². The van der Waals surface area contributed by atoms with E-state index in [1.807, 2.05) is 6.92 Å². The lowest BCUT2D eigenvalue weighted by molar-refractivity contribution is 0.0904. The van der Waals surface area contributed by atoms with Crippen molar-refractivity contribution >= 4 is 21.6 Å². The average Bonchev–Trinajstić information content (AvgIpc) is 2.49. The number of nitrogen functional groups attached to an aromatic ring is 1. The van der Waals surface area contributed by atoms with Crippen LogP contribution in [0.4, 0.5) is 5.82 Å². The van der Waals surface area contributed by atoms with Crippen LogP contribution < -0.4 is 21.7 Å². The lowest BCUT2D eigenvalue weighted by atomic mass is 10.1. The van der Waals surface area contributed by atoms with Crippen LogP contribution in [0.1, 0.15) is 36.5 Å². The van der Waals surface area contributed by atoms with Crippen LogP contribution in [0.5, 0.6) is 0 Å². The number of aromatic amines is 1. The molecule has 146 valence electrons. The fraction of sp³-hybridized carbons (Fsp3) is 0.667. The summed E-state index contributed by atoms with van der Waals surface area (Å²) in [6.45, 7) is 3.05. The Labute approximate surface area is 151 Å². The van der Waals surface area contributed by atoms with E-state index in [1.165, 1.54) is 4.57 Å². The fourth-order valence-corrected chi connectivity index (χ4v) is 3.98. The Balaban J connectivity index is 2.18. The van der Waals surface area contributed by atoms with Gasteiger partial charge in [-0.25, -0.2) is 17.9 Å². The molecule has 1 aliphatic rings. The smallest absolute Gasteiger partial charge is 0.329 e. The summed E-state index contributed by atoms with van der Waals surface area (Å²) in [5.74, 6) is -0.623. The maximum absolute atomic E-state index is 12.6. The molecule has 11 heteroatoms.